The van der Waals surface area contributed by atoms with Gasteiger partial charge in [0, 0.05) is 11.1 Å². The smallest absolute Gasteiger partial charge is 0.335 e. The first-order valence-corrected chi connectivity index (χ1v) is 13.8. The lowest BCUT2D eigenvalue weighted by atomic mass is 10.0. The molecule has 216 valence electrons. The number of hydrogen-bond acceptors (Lipinski definition) is 8. The van der Waals surface area contributed by atoms with E-state index in [1.165, 1.54) is 6.07 Å². The van der Waals surface area contributed by atoms with E-state index in [-0.39, 0.29) is 28.1 Å². The molecule has 0 saturated carbocycles. The van der Waals surface area contributed by atoms with Crippen LogP contribution in [0.25, 0.3) is 0 Å². The van der Waals surface area contributed by atoms with E-state index in [1.807, 2.05) is 0 Å². The van der Waals surface area contributed by atoms with Gasteiger partial charge < -0.3 is 20.3 Å². The van der Waals surface area contributed by atoms with Crippen LogP contribution in [0.1, 0.15) is 27.9 Å². The molecule has 1 heterocycles. The molecule has 0 fully saturated rings. The summed E-state index contributed by atoms with van der Waals surface area (Å²) in [5, 5.41) is 20.4. The number of anilines is 1. The van der Waals surface area contributed by atoms with Gasteiger partial charge in [-0.3, -0.25) is 24.3 Å². The number of benzene rings is 3. The maximum atomic E-state index is 13.9. The minimum Gasteiger partial charge on any atom is -0.481 e. The summed E-state index contributed by atoms with van der Waals surface area (Å²) in [6, 6.07) is 18.0. The number of carboxylic acids is 2. The lowest BCUT2D eigenvalue weighted by molar-refractivity contribution is -0.138. The summed E-state index contributed by atoms with van der Waals surface area (Å²) in [4.78, 5) is 65.4. The predicted octanol–water partition coefficient (Wildman–Crippen LogP) is 1.03. The maximum Gasteiger partial charge on any atom is 0.335 e. The third kappa shape index (κ3) is 6.74. The molecular formula is C28H24N4O9S. The van der Waals surface area contributed by atoms with E-state index in [9.17, 15) is 32.4 Å². The quantitative estimate of drug-likeness (QED) is 0.235. The van der Waals surface area contributed by atoms with E-state index in [2.05, 4.69) is 15.0 Å². The molecule has 0 radical (unpaired) electrons. The Hall–Kier alpha value is -5.21. The Morgan fingerprint density at radius 1 is 0.952 bits per heavy atom. The molecular weight excluding hydrogens is 568 g/mol. The number of rotatable bonds is 11. The molecule has 2 atom stereocenters. The van der Waals surface area contributed by atoms with Crippen LogP contribution in [0.4, 0.5) is 5.69 Å². The first-order valence-electron chi connectivity index (χ1n) is 12.4. The zero-order valence-corrected chi connectivity index (χ0v) is 22.5. The van der Waals surface area contributed by atoms with Crippen molar-refractivity contribution in [1.29, 1.82) is 0 Å². The molecule has 4 N–H and O–H groups in total. The number of aldehydes is 1. The highest BCUT2D eigenvalue weighted by atomic mass is 32.2. The Bertz CT molecular complexity index is 1670. The Morgan fingerprint density at radius 2 is 1.60 bits per heavy atom. The molecule has 0 spiro atoms. The number of sulfonamides is 1. The zero-order chi connectivity index (χ0) is 30.4. The van der Waals surface area contributed by atoms with Crippen molar-refractivity contribution in [1.82, 2.24) is 10.0 Å². The van der Waals surface area contributed by atoms with Crippen LogP contribution in [0.15, 0.2) is 88.8 Å². The Labute approximate surface area is 239 Å². The van der Waals surface area contributed by atoms with Crippen molar-refractivity contribution in [3.63, 3.8) is 0 Å². The van der Waals surface area contributed by atoms with E-state index in [1.54, 1.807) is 48.5 Å². The number of hydrogen-bond donors (Lipinski definition) is 4. The summed E-state index contributed by atoms with van der Waals surface area (Å²) < 4.78 is 28.8. The van der Waals surface area contributed by atoms with Gasteiger partial charge in [-0.25, -0.2) is 13.2 Å². The van der Waals surface area contributed by atoms with Crippen LogP contribution < -0.4 is 14.9 Å². The van der Waals surface area contributed by atoms with Crippen molar-refractivity contribution in [3.8, 4) is 0 Å². The fourth-order valence-electron chi connectivity index (χ4n) is 4.20. The molecule has 1 aliphatic rings. The van der Waals surface area contributed by atoms with Gasteiger partial charge in [0.05, 0.1) is 34.3 Å². The minimum absolute atomic E-state index is 0.145. The molecule has 0 aliphatic carbocycles. The van der Waals surface area contributed by atoms with Gasteiger partial charge in [0.2, 0.25) is 15.9 Å². The Morgan fingerprint density at radius 3 is 2.21 bits per heavy atom. The molecule has 0 aromatic heterocycles. The number of nitrogens with zero attached hydrogens (tertiary/aromatic N) is 2. The fraction of sp³-hybridized carbons (Fsp3) is 0.143. The molecule has 0 bridgehead atoms. The average Bonchev–Trinajstić information content (AvgIpc) is 3.07. The van der Waals surface area contributed by atoms with Gasteiger partial charge in [0.15, 0.2) is 6.17 Å². The monoisotopic (exact) mass is 592 g/mol. The Kier molecular flexibility index (Phi) is 8.88. The first kappa shape index (κ1) is 29.8. The number of fused-ring (bicyclic) bond motifs is 1. The number of carbonyl (C=O) groups excluding carboxylic acids is 3. The number of benzodiazepines with no additional fused rings is 1. The van der Waals surface area contributed by atoms with E-state index in [4.69, 9.17) is 10.2 Å². The number of aromatic carboxylic acids is 1. The number of aliphatic carboxylic acids is 1. The lowest BCUT2D eigenvalue weighted by Crippen LogP contribution is -2.51. The van der Waals surface area contributed by atoms with Crippen LogP contribution in [0, 0.1) is 0 Å². The molecule has 13 nitrogen and oxygen atoms in total. The third-order valence-corrected chi connectivity index (χ3v) is 7.57. The standard InChI is InChI=1S/C28H24N4O9S/c33-16-19(14-24(35)36)29-23(34)15-32-22-9-5-4-8-21(22)25(17-6-2-1-3-7-17)30-26(27(32)37)31-42(40,41)20-12-10-18(11-13-20)28(38)39/h1-13,16,19,26,31H,14-15H2,(H,29,34)(H,35,36)(H,38,39)/t19-,26?/m0/s1. The molecule has 0 saturated heterocycles. The summed E-state index contributed by atoms with van der Waals surface area (Å²) in [7, 11) is -4.44. The highest BCUT2D eigenvalue weighted by Gasteiger charge is 2.36. The van der Waals surface area contributed by atoms with Crippen molar-refractivity contribution in [2.24, 2.45) is 4.99 Å². The van der Waals surface area contributed by atoms with Crippen LogP contribution in [-0.2, 0) is 29.2 Å². The average molecular weight is 593 g/mol. The Balaban J connectivity index is 1.76. The summed E-state index contributed by atoms with van der Waals surface area (Å²) >= 11 is 0. The van der Waals surface area contributed by atoms with Gasteiger partial charge in [-0.05, 0) is 30.3 Å². The van der Waals surface area contributed by atoms with Crippen LogP contribution in [0.5, 0.6) is 0 Å². The number of carbonyl (C=O) groups is 5. The number of para-hydroxylation sites is 1. The molecule has 42 heavy (non-hydrogen) atoms. The molecule has 2 amide bonds. The summed E-state index contributed by atoms with van der Waals surface area (Å²) in [6.45, 7) is -0.692. The van der Waals surface area contributed by atoms with Crippen LogP contribution in [0.3, 0.4) is 0 Å². The number of nitrogens with one attached hydrogen (secondary N) is 2. The third-order valence-electron chi connectivity index (χ3n) is 6.14. The number of amides is 2. The van der Waals surface area contributed by atoms with E-state index in [0.29, 0.717) is 11.1 Å². The van der Waals surface area contributed by atoms with Crippen molar-refractivity contribution in [2.45, 2.75) is 23.5 Å². The fourth-order valence-corrected chi connectivity index (χ4v) is 5.28. The molecule has 4 rings (SSSR count). The van der Waals surface area contributed by atoms with E-state index < -0.39 is 58.9 Å². The van der Waals surface area contributed by atoms with Crippen LogP contribution >= 0.6 is 0 Å². The van der Waals surface area contributed by atoms with Crippen molar-refractivity contribution in [3.05, 3.63) is 95.6 Å². The highest BCUT2D eigenvalue weighted by molar-refractivity contribution is 7.89. The highest BCUT2D eigenvalue weighted by Crippen LogP contribution is 2.28. The first-order chi connectivity index (χ1) is 20.0. The van der Waals surface area contributed by atoms with Gasteiger partial charge in [-0.15, -0.1) is 0 Å². The summed E-state index contributed by atoms with van der Waals surface area (Å²) in [5.41, 5.74) is 1.26. The largest absolute Gasteiger partial charge is 0.481 e. The molecule has 1 unspecified atom stereocenters. The number of aliphatic imine (C=N–C) groups is 1. The summed E-state index contributed by atoms with van der Waals surface area (Å²) in [5.74, 6) is -4.38. The van der Waals surface area contributed by atoms with Crippen molar-refractivity contribution in [2.75, 3.05) is 11.4 Å². The van der Waals surface area contributed by atoms with E-state index in [0.717, 1.165) is 29.2 Å². The van der Waals surface area contributed by atoms with Gasteiger partial charge in [-0.2, -0.15) is 4.72 Å². The minimum atomic E-state index is -4.44. The second-order valence-electron chi connectivity index (χ2n) is 9.05. The van der Waals surface area contributed by atoms with Crippen molar-refractivity contribution >= 4 is 51.5 Å². The van der Waals surface area contributed by atoms with Crippen molar-refractivity contribution < 1.29 is 42.6 Å². The topological polar surface area (TPSA) is 200 Å². The molecule has 14 heteroatoms. The summed E-state index contributed by atoms with van der Waals surface area (Å²) in [6.07, 6.45) is -2.19. The number of carboxylic acid groups (broad SMARTS) is 2. The normalized spacial score (nSPS) is 15.5. The second kappa shape index (κ2) is 12.5. The SMILES string of the molecule is O=C[C@H](CC(=O)O)NC(=O)CN1C(=O)C(NS(=O)(=O)c2ccc(C(=O)O)cc2)N=C(c2ccccc2)c2ccccc21. The van der Waals surface area contributed by atoms with Crippen LogP contribution in [0.2, 0.25) is 0 Å². The predicted molar refractivity (Wildman–Crippen MR) is 149 cm³/mol. The van der Waals surface area contributed by atoms with Gasteiger partial charge in [0.1, 0.15) is 12.8 Å². The van der Waals surface area contributed by atoms with Gasteiger partial charge >= 0.3 is 11.9 Å². The van der Waals surface area contributed by atoms with Crippen LogP contribution in [-0.4, -0.2) is 73.1 Å². The second-order valence-corrected chi connectivity index (χ2v) is 10.8. The molecule has 1 aliphatic heterocycles. The van der Waals surface area contributed by atoms with E-state index >= 15 is 0 Å². The molecule has 3 aromatic rings. The lowest BCUT2D eigenvalue weighted by Gasteiger charge is -2.25. The van der Waals surface area contributed by atoms with Gasteiger partial charge in [-0.1, -0.05) is 48.5 Å². The zero-order valence-electron chi connectivity index (χ0n) is 21.7. The maximum absolute atomic E-state index is 13.9. The molecule has 3 aromatic carbocycles. The van der Waals surface area contributed by atoms with Gasteiger partial charge in [0.25, 0.3) is 5.91 Å².